The monoisotopic (exact) mass is 231 g/mol. The number of aliphatic carboxylic acids is 1. The zero-order valence-corrected chi connectivity index (χ0v) is 9.89. The SMILES string of the molecule is CC(C)(CC(=O)NC1CCSC1)C(=O)O. The number of carbonyl (C=O) groups excluding carboxylic acids is 1. The normalized spacial score (nSPS) is 21.3. The largest absolute Gasteiger partial charge is 0.481 e. The van der Waals surface area contributed by atoms with Crippen molar-refractivity contribution < 1.29 is 14.7 Å². The van der Waals surface area contributed by atoms with Gasteiger partial charge in [0.25, 0.3) is 0 Å². The van der Waals surface area contributed by atoms with Crippen molar-refractivity contribution in [2.75, 3.05) is 11.5 Å². The summed E-state index contributed by atoms with van der Waals surface area (Å²) in [6.07, 6.45) is 1.04. The number of nitrogens with one attached hydrogen (secondary N) is 1. The number of carbonyl (C=O) groups is 2. The lowest BCUT2D eigenvalue weighted by Crippen LogP contribution is -2.39. The van der Waals surface area contributed by atoms with Crippen molar-refractivity contribution in [2.24, 2.45) is 5.41 Å². The average Bonchev–Trinajstić information content (AvgIpc) is 2.54. The highest BCUT2D eigenvalue weighted by Crippen LogP contribution is 2.21. The third-order valence-corrected chi connectivity index (χ3v) is 3.64. The van der Waals surface area contributed by atoms with Gasteiger partial charge in [-0.3, -0.25) is 9.59 Å². The van der Waals surface area contributed by atoms with Crippen LogP contribution in [0.15, 0.2) is 0 Å². The molecule has 0 saturated carbocycles. The summed E-state index contributed by atoms with van der Waals surface area (Å²) in [5, 5.41) is 11.7. The fourth-order valence-electron chi connectivity index (χ4n) is 1.40. The average molecular weight is 231 g/mol. The Balaban J connectivity index is 2.38. The van der Waals surface area contributed by atoms with Crippen LogP contribution >= 0.6 is 11.8 Å². The van der Waals surface area contributed by atoms with Gasteiger partial charge in [0.2, 0.25) is 5.91 Å². The second-order valence-corrected chi connectivity index (χ2v) is 5.64. The van der Waals surface area contributed by atoms with E-state index in [1.54, 1.807) is 13.8 Å². The summed E-state index contributed by atoms with van der Waals surface area (Å²) in [6.45, 7) is 3.14. The van der Waals surface area contributed by atoms with Crippen LogP contribution in [0, 0.1) is 5.41 Å². The second kappa shape index (κ2) is 4.88. The Hall–Kier alpha value is -0.710. The summed E-state index contributed by atoms with van der Waals surface area (Å²) < 4.78 is 0. The molecule has 2 N–H and O–H groups in total. The van der Waals surface area contributed by atoms with Crippen molar-refractivity contribution in [2.45, 2.75) is 32.7 Å². The van der Waals surface area contributed by atoms with Crippen LogP contribution in [-0.2, 0) is 9.59 Å². The predicted octanol–water partition coefficient (Wildman–Crippen LogP) is 1.11. The number of carboxylic acid groups (broad SMARTS) is 1. The number of carboxylic acids is 1. The van der Waals surface area contributed by atoms with Gasteiger partial charge in [-0.15, -0.1) is 0 Å². The number of rotatable bonds is 4. The third kappa shape index (κ3) is 3.74. The van der Waals surface area contributed by atoms with Crippen molar-refractivity contribution in [3.63, 3.8) is 0 Å². The van der Waals surface area contributed by atoms with Crippen LogP contribution in [0.1, 0.15) is 26.7 Å². The van der Waals surface area contributed by atoms with Gasteiger partial charge in [-0.2, -0.15) is 11.8 Å². The molecule has 1 saturated heterocycles. The summed E-state index contributed by atoms with van der Waals surface area (Å²) in [5.74, 6) is 0.931. The van der Waals surface area contributed by atoms with E-state index in [1.165, 1.54) is 0 Å². The molecule has 86 valence electrons. The Labute approximate surface area is 93.8 Å². The first-order chi connectivity index (χ1) is 6.92. The maximum atomic E-state index is 11.5. The van der Waals surface area contributed by atoms with Crippen molar-refractivity contribution >= 4 is 23.6 Å². The van der Waals surface area contributed by atoms with Crippen LogP contribution in [0.5, 0.6) is 0 Å². The molecule has 1 atom stereocenters. The first-order valence-corrected chi connectivity index (χ1v) is 6.18. The standard InChI is InChI=1S/C10H17NO3S/c1-10(2,9(13)14)5-8(12)11-7-3-4-15-6-7/h7H,3-6H2,1-2H3,(H,11,12)(H,13,14). The van der Waals surface area contributed by atoms with Gasteiger partial charge in [-0.1, -0.05) is 0 Å². The highest BCUT2D eigenvalue weighted by molar-refractivity contribution is 7.99. The van der Waals surface area contributed by atoms with E-state index in [0.717, 1.165) is 17.9 Å². The minimum atomic E-state index is -0.976. The zero-order chi connectivity index (χ0) is 11.5. The summed E-state index contributed by atoms with van der Waals surface area (Å²) in [6, 6.07) is 0.229. The van der Waals surface area contributed by atoms with E-state index in [2.05, 4.69) is 5.32 Å². The topological polar surface area (TPSA) is 66.4 Å². The molecule has 5 heteroatoms. The van der Waals surface area contributed by atoms with Gasteiger partial charge in [-0.05, 0) is 26.0 Å². The van der Waals surface area contributed by atoms with Gasteiger partial charge in [0.05, 0.1) is 5.41 Å². The van der Waals surface area contributed by atoms with E-state index in [1.807, 2.05) is 11.8 Å². The minimum Gasteiger partial charge on any atom is -0.481 e. The van der Waals surface area contributed by atoms with E-state index < -0.39 is 11.4 Å². The van der Waals surface area contributed by atoms with Crippen molar-refractivity contribution in [3.8, 4) is 0 Å². The number of hydrogen-bond donors (Lipinski definition) is 2. The molecule has 1 rings (SSSR count). The van der Waals surface area contributed by atoms with Crippen LogP contribution in [0.3, 0.4) is 0 Å². The minimum absolute atomic E-state index is 0.0451. The number of amides is 1. The molecule has 4 nitrogen and oxygen atoms in total. The van der Waals surface area contributed by atoms with Crippen LogP contribution < -0.4 is 5.32 Å². The molecule has 1 fully saturated rings. The summed E-state index contributed by atoms with van der Waals surface area (Å²) in [5.41, 5.74) is -0.976. The Bertz CT molecular complexity index is 259. The Morgan fingerprint density at radius 1 is 1.53 bits per heavy atom. The van der Waals surface area contributed by atoms with Crippen molar-refractivity contribution in [1.82, 2.24) is 5.32 Å². The van der Waals surface area contributed by atoms with Gasteiger partial charge >= 0.3 is 5.97 Å². The van der Waals surface area contributed by atoms with Crippen molar-refractivity contribution in [1.29, 1.82) is 0 Å². The van der Waals surface area contributed by atoms with Gasteiger partial charge in [0, 0.05) is 18.2 Å². The van der Waals surface area contributed by atoms with Crippen LogP contribution in [0.4, 0.5) is 0 Å². The lowest BCUT2D eigenvalue weighted by Gasteiger charge is -2.19. The lowest BCUT2D eigenvalue weighted by atomic mass is 9.89. The van der Waals surface area contributed by atoms with Gasteiger partial charge in [-0.25, -0.2) is 0 Å². The molecule has 0 aromatic heterocycles. The van der Waals surface area contributed by atoms with E-state index in [9.17, 15) is 9.59 Å². The fraction of sp³-hybridized carbons (Fsp3) is 0.800. The number of thioether (sulfide) groups is 1. The molecule has 0 radical (unpaired) electrons. The Morgan fingerprint density at radius 3 is 2.67 bits per heavy atom. The summed E-state index contributed by atoms with van der Waals surface area (Å²) in [7, 11) is 0. The summed E-state index contributed by atoms with van der Waals surface area (Å²) >= 11 is 1.82. The first-order valence-electron chi connectivity index (χ1n) is 5.02. The van der Waals surface area contributed by atoms with Gasteiger partial charge in [0.1, 0.15) is 0 Å². The highest BCUT2D eigenvalue weighted by Gasteiger charge is 2.31. The number of hydrogen-bond acceptors (Lipinski definition) is 3. The molecule has 15 heavy (non-hydrogen) atoms. The molecule has 0 aromatic rings. The maximum absolute atomic E-state index is 11.5. The molecule has 1 aliphatic rings. The maximum Gasteiger partial charge on any atom is 0.309 e. The third-order valence-electron chi connectivity index (χ3n) is 2.48. The smallest absolute Gasteiger partial charge is 0.309 e. The molecule has 0 bridgehead atoms. The molecule has 0 spiro atoms. The summed E-state index contributed by atoms with van der Waals surface area (Å²) in [4.78, 5) is 22.3. The quantitative estimate of drug-likeness (QED) is 0.760. The van der Waals surface area contributed by atoms with E-state index >= 15 is 0 Å². The molecular formula is C10H17NO3S. The van der Waals surface area contributed by atoms with Crippen LogP contribution in [0.25, 0.3) is 0 Å². The van der Waals surface area contributed by atoms with E-state index in [4.69, 9.17) is 5.11 Å². The molecule has 1 heterocycles. The Kier molecular flexibility index (Phi) is 4.02. The predicted molar refractivity (Wildman–Crippen MR) is 59.9 cm³/mol. The van der Waals surface area contributed by atoms with Crippen LogP contribution in [0.2, 0.25) is 0 Å². The molecule has 0 aliphatic carbocycles. The molecular weight excluding hydrogens is 214 g/mol. The fourth-order valence-corrected chi connectivity index (χ4v) is 2.56. The molecule has 1 aliphatic heterocycles. The molecule has 1 unspecified atom stereocenters. The van der Waals surface area contributed by atoms with Crippen molar-refractivity contribution in [3.05, 3.63) is 0 Å². The molecule has 1 amide bonds. The zero-order valence-electron chi connectivity index (χ0n) is 9.08. The van der Waals surface area contributed by atoms with Gasteiger partial charge in [0.15, 0.2) is 0 Å². The van der Waals surface area contributed by atoms with E-state index in [0.29, 0.717) is 0 Å². The van der Waals surface area contributed by atoms with Crippen LogP contribution in [-0.4, -0.2) is 34.5 Å². The van der Waals surface area contributed by atoms with Gasteiger partial charge < -0.3 is 10.4 Å². The van der Waals surface area contributed by atoms with E-state index in [-0.39, 0.29) is 18.4 Å². The molecule has 0 aromatic carbocycles. The Morgan fingerprint density at radius 2 is 2.20 bits per heavy atom. The second-order valence-electron chi connectivity index (χ2n) is 4.49. The highest BCUT2D eigenvalue weighted by atomic mass is 32.2. The lowest BCUT2D eigenvalue weighted by molar-refractivity contribution is -0.149. The first kappa shape index (κ1) is 12.4.